The third-order valence-electron chi connectivity index (χ3n) is 4.63. The van der Waals surface area contributed by atoms with Crippen LogP contribution in [0.3, 0.4) is 0 Å². The van der Waals surface area contributed by atoms with Crippen LogP contribution in [0.15, 0.2) is 42.5 Å². The molecule has 3 rings (SSSR count). The molecule has 0 aromatic heterocycles. The summed E-state index contributed by atoms with van der Waals surface area (Å²) in [6.45, 7) is 5.16. The fourth-order valence-corrected chi connectivity index (χ4v) is 3.16. The van der Waals surface area contributed by atoms with Crippen molar-refractivity contribution in [3.8, 4) is 5.75 Å². The number of rotatable bonds is 4. The lowest BCUT2D eigenvalue weighted by atomic mass is 9.98. The van der Waals surface area contributed by atoms with Crippen molar-refractivity contribution < 1.29 is 14.3 Å². The number of ether oxygens (including phenoxy) is 1. The van der Waals surface area contributed by atoms with Crippen molar-refractivity contribution in [3.63, 3.8) is 0 Å². The molecule has 0 saturated carbocycles. The normalized spacial score (nSPS) is 13.1. The summed E-state index contributed by atoms with van der Waals surface area (Å²) in [5.74, 6) is 0.885. The molecular weight excluding hydrogens is 342 g/mol. The van der Waals surface area contributed by atoms with Gasteiger partial charge in [-0.15, -0.1) is 0 Å². The van der Waals surface area contributed by atoms with Crippen LogP contribution in [0, 0.1) is 5.92 Å². The van der Waals surface area contributed by atoms with Gasteiger partial charge >= 0.3 is 6.03 Å². The average molecular weight is 367 g/mol. The smallest absolute Gasteiger partial charge is 0.323 e. The molecule has 1 heterocycles. The van der Waals surface area contributed by atoms with Crippen molar-refractivity contribution in [1.82, 2.24) is 4.90 Å². The Balaban J connectivity index is 1.65. The van der Waals surface area contributed by atoms with Gasteiger partial charge in [-0.25, -0.2) is 4.79 Å². The van der Waals surface area contributed by atoms with E-state index in [4.69, 9.17) is 4.74 Å². The number of nitrogens with one attached hydrogen (secondary N) is 2. The van der Waals surface area contributed by atoms with Crippen LogP contribution in [0.5, 0.6) is 5.75 Å². The number of hydrogen-bond donors (Lipinski definition) is 2. The maximum Gasteiger partial charge on any atom is 0.323 e. The van der Waals surface area contributed by atoms with Crippen molar-refractivity contribution in [2.24, 2.45) is 5.92 Å². The molecule has 0 unspecified atom stereocenters. The number of carbonyl (C=O) groups excluding carboxylic acids is 2. The van der Waals surface area contributed by atoms with E-state index in [1.165, 1.54) is 5.56 Å². The van der Waals surface area contributed by atoms with Crippen LogP contribution in [0.25, 0.3) is 0 Å². The van der Waals surface area contributed by atoms with Gasteiger partial charge in [0.05, 0.1) is 7.11 Å². The highest BCUT2D eigenvalue weighted by Gasteiger charge is 2.22. The van der Waals surface area contributed by atoms with Gasteiger partial charge in [-0.1, -0.05) is 19.9 Å². The molecule has 0 radical (unpaired) electrons. The van der Waals surface area contributed by atoms with E-state index in [1.54, 1.807) is 31.4 Å². The first-order valence-corrected chi connectivity index (χ1v) is 9.09. The van der Waals surface area contributed by atoms with Crippen molar-refractivity contribution in [2.75, 3.05) is 24.3 Å². The van der Waals surface area contributed by atoms with Gasteiger partial charge in [0.15, 0.2) is 0 Å². The Bertz CT molecular complexity index is 831. The maximum absolute atomic E-state index is 12.3. The van der Waals surface area contributed by atoms with Crippen LogP contribution in [-0.2, 0) is 17.8 Å². The van der Waals surface area contributed by atoms with Crippen LogP contribution in [0.4, 0.5) is 16.2 Å². The minimum Gasteiger partial charge on any atom is -0.497 e. The molecule has 1 aliphatic rings. The zero-order valence-corrected chi connectivity index (χ0v) is 15.9. The summed E-state index contributed by atoms with van der Waals surface area (Å²) in [5.41, 5.74) is 3.69. The van der Waals surface area contributed by atoms with Crippen molar-refractivity contribution in [1.29, 1.82) is 0 Å². The largest absolute Gasteiger partial charge is 0.497 e. The van der Waals surface area contributed by atoms with Crippen LogP contribution >= 0.6 is 0 Å². The van der Waals surface area contributed by atoms with E-state index in [0.717, 1.165) is 24.3 Å². The molecule has 2 aromatic rings. The molecule has 27 heavy (non-hydrogen) atoms. The van der Waals surface area contributed by atoms with Crippen LogP contribution < -0.4 is 15.4 Å². The van der Waals surface area contributed by atoms with Gasteiger partial charge in [0.1, 0.15) is 5.75 Å². The van der Waals surface area contributed by atoms with Gasteiger partial charge in [0.25, 0.3) is 0 Å². The Labute approximate surface area is 159 Å². The standard InChI is InChI=1S/C21H25N3O3/c1-14(2)20(25)24-11-10-15-4-5-18(12-16(15)13-24)23-21(26)22-17-6-8-19(27-3)9-7-17/h4-9,12,14H,10-11,13H2,1-3H3,(H2,22,23,26). The lowest BCUT2D eigenvalue weighted by Crippen LogP contribution is -2.38. The highest BCUT2D eigenvalue weighted by Crippen LogP contribution is 2.24. The third-order valence-corrected chi connectivity index (χ3v) is 4.63. The third kappa shape index (κ3) is 4.58. The monoisotopic (exact) mass is 367 g/mol. The Hall–Kier alpha value is -3.02. The van der Waals surface area contributed by atoms with E-state index in [-0.39, 0.29) is 17.9 Å². The van der Waals surface area contributed by atoms with Crippen LogP contribution in [0.1, 0.15) is 25.0 Å². The Kier molecular flexibility index (Phi) is 5.64. The number of fused-ring (bicyclic) bond motifs is 1. The molecular formula is C21H25N3O3. The predicted molar refractivity (Wildman–Crippen MR) is 106 cm³/mol. The van der Waals surface area contributed by atoms with Gasteiger partial charge in [-0.05, 0) is 53.9 Å². The lowest BCUT2D eigenvalue weighted by Gasteiger charge is -2.30. The predicted octanol–water partition coefficient (Wildman–Crippen LogP) is 3.88. The molecule has 0 saturated heterocycles. The first-order chi connectivity index (χ1) is 13.0. The SMILES string of the molecule is COc1ccc(NC(=O)Nc2ccc3c(c2)CN(C(=O)C(C)C)CC3)cc1. The molecule has 0 fully saturated rings. The molecule has 1 aliphatic heterocycles. The summed E-state index contributed by atoms with van der Waals surface area (Å²) in [5, 5.41) is 5.64. The first kappa shape index (κ1) is 18.8. The molecule has 2 N–H and O–H groups in total. The number of hydrogen-bond acceptors (Lipinski definition) is 3. The number of nitrogens with zero attached hydrogens (tertiary/aromatic N) is 1. The summed E-state index contributed by atoms with van der Waals surface area (Å²) in [6, 6.07) is 12.7. The van der Waals surface area contributed by atoms with E-state index < -0.39 is 0 Å². The quantitative estimate of drug-likeness (QED) is 0.861. The first-order valence-electron chi connectivity index (χ1n) is 9.09. The highest BCUT2D eigenvalue weighted by atomic mass is 16.5. The molecule has 0 aliphatic carbocycles. The summed E-state index contributed by atoms with van der Waals surface area (Å²) < 4.78 is 5.11. The molecule has 6 heteroatoms. The molecule has 6 nitrogen and oxygen atoms in total. The maximum atomic E-state index is 12.3. The summed E-state index contributed by atoms with van der Waals surface area (Å²) >= 11 is 0. The fraction of sp³-hybridized carbons (Fsp3) is 0.333. The van der Waals surface area contributed by atoms with Crippen molar-refractivity contribution >= 4 is 23.3 Å². The summed E-state index contributed by atoms with van der Waals surface area (Å²) in [4.78, 5) is 26.4. The van der Waals surface area contributed by atoms with Crippen molar-refractivity contribution in [3.05, 3.63) is 53.6 Å². The van der Waals surface area contributed by atoms with E-state index in [0.29, 0.717) is 17.9 Å². The van der Waals surface area contributed by atoms with Crippen LogP contribution in [-0.4, -0.2) is 30.5 Å². The Morgan fingerprint density at radius 1 is 1.00 bits per heavy atom. The van der Waals surface area contributed by atoms with Gasteiger partial charge in [-0.3, -0.25) is 4.79 Å². The Morgan fingerprint density at radius 2 is 1.67 bits per heavy atom. The molecule has 3 amide bonds. The number of methoxy groups -OCH3 is 1. The average Bonchev–Trinajstić information content (AvgIpc) is 2.67. The van der Waals surface area contributed by atoms with Gasteiger partial charge in [0.2, 0.25) is 5.91 Å². The Morgan fingerprint density at radius 3 is 2.33 bits per heavy atom. The van der Waals surface area contributed by atoms with E-state index in [2.05, 4.69) is 10.6 Å². The molecule has 2 aromatic carbocycles. The topological polar surface area (TPSA) is 70.7 Å². The number of anilines is 2. The minimum atomic E-state index is -0.314. The number of urea groups is 1. The number of amides is 3. The second-order valence-corrected chi connectivity index (χ2v) is 6.96. The van der Waals surface area contributed by atoms with Crippen LogP contribution in [0.2, 0.25) is 0 Å². The lowest BCUT2D eigenvalue weighted by molar-refractivity contribution is -0.135. The second-order valence-electron chi connectivity index (χ2n) is 6.96. The summed E-state index contributed by atoms with van der Waals surface area (Å²) in [6.07, 6.45) is 0.839. The van der Waals surface area contributed by atoms with Crippen molar-refractivity contribution in [2.45, 2.75) is 26.8 Å². The van der Waals surface area contributed by atoms with E-state index in [9.17, 15) is 9.59 Å². The fourth-order valence-electron chi connectivity index (χ4n) is 3.16. The second kappa shape index (κ2) is 8.12. The minimum absolute atomic E-state index is 0.0110. The molecule has 0 spiro atoms. The summed E-state index contributed by atoms with van der Waals surface area (Å²) in [7, 11) is 1.60. The zero-order valence-electron chi connectivity index (χ0n) is 15.9. The van der Waals surface area contributed by atoms with Gasteiger partial charge < -0.3 is 20.3 Å². The highest BCUT2D eigenvalue weighted by molar-refractivity contribution is 5.99. The zero-order chi connectivity index (χ0) is 19.4. The number of carbonyl (C=O) groups is 2. The molecule has 142 valence electrons. The van der Waals surface area contributed by atoms with Gasteiger partial charge in [-0.2, -0.15) is 0 Å². The van der Waals surface area contributed by atoms with E-state index >= 15 is 0 Å². The molecule has 0 bridgehead atoms. The number of benzene rings is 2. The van der Waals surface area contributed by atoms with Gasteiger partial charge in [0, 0.05) is 30.4 Å². The van der Waals surface area contributed by atoms with E-state index in [1.807, 2.05) is 36.9 Å². The molecule has 0 atom stereocenters.